The Labute approximate surface area is 101 Å². The predicted octanol–water partition coefficient (Wildman–Crippen LogP) is 0.919. The Morgan fingerprint density at radius 3 is 3.00 bits per heavy atom. The van der Waals surface area contributed by atoms with E-state index in [1.807, 2.05) is 11.8 Å². The fraction of sp³-hybridized carbons (Fsp3) is 0.600. The molecular weight excluding hydrogens is 230 g/mol. The van der Waals surface area contributed by atoms with Crippen LogP contribution in [0, 0.1) is 0 Å². The van der Waals surface area contributed by atoms with Gasteiger partial charge in [-0.15, -0.1) is 12.4 Å². The Balaban J connectivity index is 0.00000128. The molecule has 16 heavy (non-hydrogen) atoms. The molecule has 1 aromatic rings. The lowest BCUT2D eigenvalue weighted by Crippen LogP contribution is -2.57. The van der Waals surface area contributed by atoms with Gasteiger partial charge in [0.05, 0.1) is 0 Å². The number of rotatable bonds is 1. The molecule has 0 bridgehead atoms. The van der Waals surface area contributed by atoms with Gasteiger partial charge in [0.1, 0.15) is 6.26 Å². The summed E-state index contributed by atoms with van der Waals surface area (Å²) in [5.74, 6) is -0.0513. The van der Waals surface area contributed by atoms with E-state index in [2.05, 4.69) is 21.9 Å². The monoisotopic (exact) mass is 245 g/mol. The van der Waals surface area contributed by atoms with Gasteiger partial charge in [-0.3, -0.25) is 4.79 Å². The summed E-state index contributed by atoms with van der Waals surface area (Å²) in [7, 11) is 0. The van der Waals surface area contributed by atoms with E-state index in [4.69, 9.17) is 0 Å². The maximum absolute atomic E-state index is 12.0. The molecule has 0 saturated carbocycles. The number of hydrogen-bond donors (Lipinski definition) is 1. The van der Waals surface area contributed by atoms with Crippen LogP contribution in [0.4, 0.5) is 0 Å². The standard InChI is InChI=1S/C10H15N3O2.ClH/c1-7-8(2)13(5-4-11-7)10(14)9-3-6-15-12-9;/h3,6-8,11H,4-5H2,1-2H3;1H. The van der Waals surface area contributed by atoms with Gasteiger partial charge >= 0.3 is 0 Å². The van der Waals surface area contributed by atoms with E-state index in [1.165, 1.54) is 6.26 Å². The minimum atomic E-state index is -0.0513. The molecule has 0 spiro atoms. The van der Waals surface area contributed by atoms with E-state index in [1.54, 1.807) is 6.07 Å². The normalized spacial score (nSPS) is 25.0. The highest BCUT2D eigenvalue weighted by Gasteiger charge is 2.29. The van der Waals surface area contributed by atoms with E-state index < -0.39 is 0 Å². The Kier molecular flexibility index (Phi) is 4.32. The highest BCUT2D eigenvalue weighted by atomic mass is 35.5. The van der Waals surface area contributed by atoms with Crippen molar-refractivity contribution in [3.05, 3.63) is 18.0 Å². The van der Waals surface area contributed by atoms with Crippen LogP contribution in [0.5, 0.6) is 0 Å². The number of aromatic nitrogens is 1. The number of nitrogens with zero attached hydrogens (tertiary/aromatic N) is 2. The van der Waals surface area contributed by atoms with Gasteiger partial charge in [-0.2, -0.15) is 0 Å². The average molecular weight is 246 g/mol. The number of hydrogen-bond acceptors (Lipinski definition) is 4. The zero-order chi connectivity index (χ0) is 10.8. The highest BCUT2D eigenvalue weighted by molar-refractivity contribution is 5.92. The molecule has 2 heterocycles. The summed E-state index contributed by atoms with van der Waals surface area (Å²) in [5.41, 5.74) is 0.385. The number of amides is 1. The van der Waals surface area contributed by atoms with Crippen molar-refractivity contribution in [3.63, 3.8) is 0 Å². The van der Waals surface area contributed by atoms with Gasteiger partial charge in [0.25, 0.3) is 5.91 Å². The molecule has 1 aromatic heterocycles. The fourth-order valence-electron chi connectivity index (χ4n) is 1.81. The number of carbonyl (C=O) groups excluding carboxylic acids is 1. The van der Waals surface area contributed by atoms with Crippen LogP contribution in [-0.4, -0.2) is 41.1 Å². The van der Waals surface area contributed by atoms with E-state index >= 15 is 0 Å². The largest absolute Gasteiger partial charge is 0.364 e. The summed E-state index contributed by atoms with van der Waals surface area (Å²) >= 11 is 0. The molecule has 90 valence electrons. The second-order valence-corrected chi connectivity index (χ2v) is 3.87. The summed E-state index contributed by atoms with van der Waals surface area (Å²) in [5, 5.41) is 6.99. The third kappa shape index (κ3) is 2.36. The number of halogens is 1. The smallest absolute Gasteiger partial charge is 0.276 e. The molecule has 1 fully saturated rings. The molecule has 1 amide bonds. The summed E-state index contributed by atoms with van der Waals surface area (Å²) in [4.78, 5) is 13.8. The number of nitrogens with one attached hydrogen (secondary N) is 1. The van der Waals surface area contributed by atoms with Gasteiger partial charge in [0, 0.05) is 31.2 Å². The fourth-order valence-corrected chi connectivity index (χ4v) is 1.81. The molecule has 1 N–H and O–H groups in total. The van der Waals surface area contributed by atoms with Crippen molar-refractivity contribution in [2.45, 2.75) is 25.9 Å². The SMILES string of the molecule is CC1NCCN(C(=O)c2ccon2)C1C.Cl. The lowest BCUT2D eigenvalue weighted by Gasteiger charge is -2.38. The molecule has 5 nitrogen and oxygen atoms in total. The van der Waals surface area contributed by atoms with Crippen LogP contribution in [0.1, 0.15) is 24.3 Å². The molecule has 2 atom stereocenters. The van der Waals surface area contributed by atoms with Crippen molar-refractivity contribution in [2.75, 3.05) is 13.1 Å². The number of carbonyl (C=O) groups is 1. The van der Waals surface area contributed by atoms with Gasteiger partial charge in [-0.1, -0.05) is 5.16 Å². The molecule has 0 aromatic carbocycles. The summed E-state index contributed by atoms with van der Waals surface area (Å²) in [6.45, 7) is 5.66. The van der Waals surface area contributed by atoms with Crippen LogP contribution in [0.3, 0.4) is 0 Å². The van der Waals surface area contributed by atoms with Crippen molar-refractivity contribution >= 4 is 18.3 Å². The van der Waals surface area contributed by atoms with Gasteiger partial charge in [0.15, 0.2) is 5.69 Å². The summed E-state index contributed by atoms with van der Waals surface area (Å²) in [6.07, 6.45) is 1.42. The molecule has 0 radical (unpaired) electrons. The van der Waals surface area contributed by atoms with Gasteiger partial charge in [0.2, 0.25) is 0 Å². The lowest BCUT2D eigenvalue weighted by atomic mass is 10.1. The van der Waals surface area contributed by atoms with Crippen LogP contribution in [0.15, 0.2) is 16.9 Å². The third-order valence-corrected chi connectivity index (χ3v) is 2.95. The van der Waals surface area contributed by atoms with Crippen LogP contribution in [0.2, 0.25) is 0 Å². The van der Waals surface area contributed by atoms with Crippen molar-refractivity contribution in [2.24, 2.45) is 0 Å². The van der Waals surface area contributed by atoms with Crippen molar-refractivity contribution < 1.29 is 9.32 Å². The van der Waals surface area contributed by atoms with Gasteiger partial charge in [-0.25, -0.2) is 0 Å². The predicted molar refractivity (Wildman–Crippen MR) is 61.7 cm³/mol. The van der Waals surface area contributed by atoms with Gasteiger partial charge in [-0.05, 0) is 13.8 Å². The topological polar surface area (TPSA) is 58.4 Å². The minimum Gasteiger partial charge on any atom is -0.364 e. The summed E-state index contributed by atoms with van der Waals surface area (Å²) < 4.78 is 4.68. The zero-order valence-corrected chi connectivity index (χ0v) is 10.2. The first kappa shape index (κ1) is 13.0. The first-order chi connectivity index (χ1) is 7.20. The van der Waals surface area contributed by atoms with Crippen LogP contribution >= 0.6 is 12.4 Å². The Hall–Kier alpha value is -1.07. The quantitative estimate of drug-likeness (QED) is 0.799. The molecule has 6 heteroatoms. The van der Waals surface area contributed by atoms with Crippen LogP contribution in [-0.2, 0) is 0 Å². The second kappa shape index (κ2) is 5.32. The Morgan fingerprint density at radius 1 is 1.62 bits per heavy atom. The zero-order valence-electron chi connectivity index (χ0n) is 9.34. The second-order valence-electron chi connectivity index (χ2n) is 3.87. The van der Waals surface area contributed by atoms with Crippen LogP contribution < -0.4 is 5.32 Å². The van der Waals surface area contributed by atoms with Crippen molar-refractivity contribution in [1.82, 2.24) is 15.4 Å². The lowest BCUT2D eigenvalue weighted by molar-refractivity contribution is 0.0592. The molecule has 1 saturated heterocycles. The van der Waals surface area contributed by atoms with Crippen molar-refractivity contribution in [1.29, 1.82) is 0 Å². The number of piperazine rings is 1. The minimum absolute atomic E-state index is 0. The van der Waals surface area contributed by atoms with E-state index in [9.17, 15) is 4.79 Å². The van der Waals surface area contributed by atoms with Crippen LogP contribution in [0.25, 0.3) is 0 Å². The van der Waals surface area contributed by atoms with E-state index in [-0.39, 0.29) is 24.4 Å². The van der Waals surface area contributed by atoms with E-state index in [0.29, 0.717) is 11.7 Å². The Bertz CT molecular complexity index is 342. The first-order valence-electron chi connectivity index (χ1n) is 5.15. The molecular formula is C10H16ClN3O2. The van der Waals surface area contributed by atoms with Gasteiger partial charge < -0.3 is 14.7 Å². The van der Waals surface area contributed by atoms with E-state index in [0.717, 1.165) is 13.1 Å². The average Bonchev–Trinajstić information content (AvgIpc) is 2.74. The summed E-state index contributed by atoms with van der Waals surface area (Å²) in [6, 6.07) is 2.10. The maximum Gasteiger partial charge on any atom is 0.276 e. The molecule has 0 aliphatic carbocycles. The molecule has 2 unspecified atom stereocenters. The first-order valence-corrected chi connectivity index (χ1v) is 5.15. The molecule has 2 rings (SSSR count). The molecule has 1 aliphatic rings. The third-order valence-electron chi connectivity index (χ3n) is 2.95. The Morgan fingerprint density at radius 2 is 2.38 bits per heavy atom. The maximum atomic E-state index is 12.0. The van der Waals surface area contributed by atoms with Crippen molar-refractivity contribution in [3.8, 4) is 0 Å². The highest BCUT2D eigenvalue weighted by Crippen LogP contribution is 2.12. The molecule has 1 aliphatic heterocycles.